The van der Waals surface area contributed by atoms with E-state index >= 15 is 0 Å². The summed E-state index contributed by atoms with van der Waals surface area (Å²) in [6, 6.07) is 20.1. The van der Waals surface area contributed by atoms with Crippen molar-refractivity contribution in [2.75, 3.05) is 0 Å². The third-order valence-electron chi connectivity index (χ3n) is 4.09. The lowest BCUT2D eigenvalue weighted by Gasteiger charge is -2.07. The Hall–Kier alpha value is -2.71. The van der Waals surface area contributed by atoms with E-state index in [2.05, 4.69) is 48.1 Å². The number of hydrogen-bond acceptors (Lipinski definition) is 2. The van der Waals surface area contributed by atoms with Crippen LogP contribution in [0.25, 0.3) is 11.6 Å². The molecule has 0 atom stereocenters. The summed E-state index contributed by atoms with van der Waals surface area (Å²) in [7, 11) is 0. The summed E-state index contributed by atoms with van der Waals surface area (Å²) < 4.78 is 0. The molecule has 0 aliphatic heterocycles. The van der Waals surface area contributed by atoms with Crippen molar-refractivity contribution in [3.8, 4) is 0 Å². The molecule has 0 bridgehead atoms. The molecule has 0 unspecified atom stereocenters. The van der Waals surface area contributed by atoms with E-state index < -0.39 is 0 Å². The fourth-order valence-corrected chi connectivity index (χ4v) is 2.93. The average molecular weight is 361 g/mol. The summed E-state index contributed by atoms with van der Waals surface area (Å²) in [6.07, 6.45) is 5.84. The SMILES string of the molecule is C/C(=C\c1cc(Cl)ccc1CN=Cc1cccc(C)c1)c1ccccn1. The summed E-state index contributed by atoms with van der Waals surface area (Å²) in [5.74, 6) is 0. The Bertz CT molecular complexity index is 943. The van der Waals surface area contributed by atoms with Gasteiger partial charge in [0.05, 0.1) is 12.2 Å². The van der Waals surface area contributed by atoms with Crippen molar-refractivity contribution in [2.45, 2.75) is 20.4 Å². The van der Waals surface area contributed by atoms with Gasteiger partial charge >= 0.3 is 0 Å². The highest BCUT2D eigenvalue weighted by molar-refractivity contribution is 6.30. The van der Waals surface area contributed by atoms with Crippen LogP contribution in [-0.2, 0) is 6.54 Å². The van der Waals surface area contributed by atoms with Crippen molar-refractivity contribution in [1.82, 2.24) is 4.98 Å². The van der Waals surface area contributed by atoms with Crippen molar-refractivity contribution in [1.29, 1.82) is 0 Å². The van der Waals surface area contributed by atoms with Gasteiger partial charge in [0.15, 0.2) is 0 Å². The van der Waals surface area contributed by atoms with Gasteiger partial charge in [-0.1, -0.05) is 53.6 Å². The Labute approximate surface area is 159 Å². The van der Waals surface area contributed by atoms with Gasteiger partial charge in [-0.3, -0.25) is 9.98 Å². The van der Waals surface area contributed by atoms with E-state index in [1.54, 1.807) is 6.20 Å². The van der Waals surface area contributed by atoms with Crippen molar-refractivity contribution in [2.24, 2.45) is 4.99 Å². The number of allylic oxidation sites excluding steroid dienone is 1. The Morgan fingerprint density at radius 3 is 2.73 bits per heavy atom. The molecule has 3 aromatic rings. The van der Waals surface area contributed by atoms with Crippen LogP contribution in [0, 0.1) is 6.92 Å². The minimum absolute atomic E-state index is 0.604. The Morgan fingerprint density at radius 2 is 1.96 bits per heavy atom. The lowest BCUT2D eigenvalue weighted by atomic mass is 10.0. The molecule has 2 nitrogen and oxygen atoms in total. The first-order valence-corrected chi connectivity index (χ1v) is 8.94. The van der Waals surface area contributed by atoms with Crippen LogP contribution in [0.1, 0.15) is 34.9 Å². The highest BCUT2D eigenvalue weighted by Gasteiger charge is 2.03. The molecule has 1 heterocycles. The first-order chi connectivity index (χ1) is 12.6. The van der Waals surface area contributed by atoms with Gasteiger partial charge in [-0.15, -0.1) is 0 Å². The molecule has 0 saturated heterocycles. The highest BCUT2D eigenvalue weighted by atomic mass is 35.5. The van der Waals surface area contributed by atoms with Gasteiger partial charge in [-0.05, 0) is 66.5 Å². The average Bonchev–Trinajstić information content (AvgIpc) is 2.64. The van der Waals surface area contributed by atoms with E-state index in [0.717, 1.165) is 33.0 Å². The van der Waals surface area contributed by atoms with Gasteiger partial charge in [0.25, 0.3) is 0 Å². The number of pyridine rings is 1. The molecule has 2 aromatic carbocycles. The molecule has 26 heavy (non-hydrogen) atoms. The normalized spacial score (nSPS) is 11.9. The Morgan fingerprint density at radius 1 is 1.08 bits per heavy atom. The molecule has 3 rings (SSSR count). The van der Waals surface area contributed by atoms with Crippen molar-refractivity contribution in [3.63, 3.8) is 0 Å². The van der Waals surface area contributed by atoms with Crippen LogP contribution in [0.5, 0.6) is 0 Å². The molecule has 0 aliphatic carbocycles. The van der Waals surface area contributed by atoms with Crippen LogP contribution in [0.15, 0.2) is 71.9 Å². The van der Waals surface area contributed by atoms with Gasteiger partial charge in [0.1, 0.15) is 0 Å². The molecular weight excluding hydrogens is 340 g/mol. The molecular formula is C23H21ClN2. The number of halogens is 1. The smallest absolute Gasteiger partial charge is 0.0658 e. The zero-order valence-electron chi connectivity index (χ0n) is 15.0. The number of aryl methyl sites for hydroxylation is 1. The van der Waals surface area contributed by atoms with E-state index in [1.165, 1.54) is 5.56 Å². The van der Waals surface area contributed by atoms with Crippen molar-refractivity contribution >= 4 is 29.5 Å². The monoisotopic (exact) mass is 360 g/mol. The third-order valence-corrected chi connectivity index (χ3v) is 4.33. The fourth-order valence-electron chi connectivity index (χ4n) is 2.75. The van der Waals surface area contributed by atoms with Crippen molar-refractivity contribution < 1.29 is 0 Å². The maximum Gasteiger partial charge on any atom is 0.0658 e. The number of aromatic nitrogens is 1. The zero-order valence-corrected chi connectivity index (χ0v) is 15.7. The number of hydrogen-bond donors (Lipinski definition) is 0. The largest absolute Gasteiger partial charge is 0.288 e. The van der Waals surface area contributed by atoms with Crippen LogP contribution in [-0.4, -0.2) is 11.2 Å². The summed E-state index contributed by atoms with van der Waals surface area (Å²) in [5.41, 5.74) is 6.60. The predicted molar refractivity (Wildman–Crippen MR) is 112 cm³/mol. The standard InChI is InChI=1S/C23H21ClN2/c1-17-6-5-7-19(12-17)15-25-16-20-9-10-22(24)14-21(20)13-18(2)23-8-3-4-11-26-23/h3-15H,16H2,1-2H3/b18-13+,25-15?. The second kappa shape index (κ2) is 8.59. The van der Waals surface area contributed by atoms with Gasteiger partial charge in [0, 0.05) is 17.4 Å². The van der Waals surface area contributed by atoms with Crippen LogP contribution in [0.2, 0.25) is 5.02 Å². The van der Waals surface area contributed by atoms with Gasteiger partial charge in [0.2, 0.25) is 0 Å². The second-order valence-corrected chi connectivity index (χ2v) is 6.71. The molecule has 130 valence electrons. The quantitative estimate of drug-likeness (QED) is 0.495. The molecule has 0 aliphatic rings. The van der Waals surface area contributed by atoms with Crippen LogP contribution >= 0.6 is 11.6 Å². The fraction of sp³-hybridized carbons (Fsp3) is 0.130. The van der Waals surface area contributed by atoms with Crippen LogP contribution in [0.4, 0.5) is 0 Å². The minimum Gasteiger partial charge on any atom is -0.288 e. The topological polar surface area (TPSA) is 25.2 Å². The number of nitrogens with zero attached hydrogens (tertiary/aromatic N) is 2. The summed E-state index contributed by atoms with van der Waals surface area (Å²) in [6.45, 7) is 4.75. The van der Waals surface area contributed by atoms with Crippen LogP contribution in [0.3, 0.4) is 0 Å². The van der Waals surface area contributed by atoms with E-state index in [0.29, 0.717) is 6.54 Å². The molecule has 0 radical (unpaired) electrons. The lowest BCUT2D eigenvalue weighted by molar-refractivity contribution is 1.07. The molecule has 1 aromatic heterocycles. The Kier molecular flexibility index (Phi) is 5.98. The van der Waals surface area contributed by atoms with E-state index in [1.807, 2.05) is 48.7 Å². The predicted octanol–water partition coefficient (Wildman–Crippen LogP) is 6.22. The van der Waals surface area contributed by atoms with Crippen LogP contribution < -0.4 is 0 Å². The molecule has 0 amide bonds. The second-order valence-electron chi connectivity index (χ2n) is 6.27. The molecule has 0 N–H and O–H groups in total. The highest BCUT2D eigenvalue weighted by Crippen LogP contribution is 2.22. The molecule has 0 fully saturated rings. The Balaban J connectivity index is 1.84. The lowest BCUT2D eigenvalue weighted by Crippen LogP contribution is -1.91. The van der Waals surface area contributed by atoms with E-state index in [9.17, 15) is 0 Å². The summed E-state index contributed by atoms with van der Waals surface area (Å²) in [4.78, 5) is 9.02. The maximum atomic E-state index is 6.21. The first-order valence-electron chi connectivity index (χ1n) is 8.56. The zero-order chi connectivity index (χ0) is 18.4. The number of aliphatic imine (C=N–C) groups is 1. The van der Waals surface area contributed by atoms with E-state index in [4.69, 9.17) is 11.6 Å². The minimum atomic E-state index is 0.604. The van der Waals surface area contributed by atoms with Gasteiger partial charge in [-0.2, -0.15) is 0 Å². The third kappa shape index (κ3) is 4.90. The number of rotatable bonds is 5. The summed E-state index contributed by atoms with van der Waals surface area (Å²) >= 11 is 6.21. The molecule has 0 saturated carbocycles. The van der Waals surface area contributed by atoms with Gasteiger partial charge in [-0.25, -0.2) is 0 Å². The molecule has 3 heteroatoms. The van der Waals surface area contributed by atoms with Crippen molar-refractivity contribution in [3.05, 3.63) is 99.8 Å². The van der Waals surface area contributed by atoms with E-state index in [-0.39, 0.29) is 0 Å². The molecule has 0 spiro atoms. The number of benzene rings is 2. The van der Waals surface area contributed by atoms with Gasteiger partial charge < -0.3 is 0 Å². The summed E-state index contributed by atoms with van der Waals surface area (Å²) in [5, 5.41) is 0.719. The first kappa shape index (κ1) is 18.1. The maximum absolute atomic E-state index is 6.21.